The number of nitrogens with zero attached hydrogens (tertiary/aromatic N) is 2. The number of nitrogens with one attached hydrogen (secondary N) is 2. The molecule has 0 saturated carbocycles. The molecule has 1 amide bonds. The highest BCUT2D eigenvalue weighted by atomic mass is 35.5. The number of H-pyrrole nitrogens is 1. The number of furan rings is 1. The zero-order valence-corrected chi connectivity index (χ0v) is 11.9. The van der Waals surface area contributed by atoms with Crippen molar-refractivity contribution in [3.63, 3.8) is 0 Å². The molecule has 0 bridgehead atoms. The number of hydrogen-bond donors (Lipinski definition) is 2. The number of hydrogen-bond acceptors (Lipinski definition) is 4. The van der Waals surface area contributed by atoms with Gasteiger partial charge < -0.3 is 4.42 Å². The van der Waals surface area contributed by atoms with Gasteiger partial charge >= 0.3 is 0 Å². The van der Waals surface area contributed by atoms with E-state index in [0.29, 0.717) is 21.4 Å². The first kappa shape index (κ1) is 13.7. The summed E-state index contributed by atoms with van der Waals surface area (Å²) < 4.78 is 5.50. The second kappa shape index (κ2) is 5.59. The molecule has 2 heterocycles. The number of aromatic amines is 1. The van der Waals surface area contributed by atoms with E-state index in [-0.39, 0.29) is 11.7 Å². The van der Waals surface area contributed by atoms with Crippen LogP contribution in [0.2, 0.25) is 10.0 Å². The molecule has 0 spiro atoms. The zero-order chi connectivity index (χ0) is 14.8. The first-order valence-electron chi connectivity index (χ1n) is 5.85. The first-order valence-corrected chi connectivity index (χ1v) is 6.61. The largest absolute Gasteiger partial charge is 0.451 e. The van der Waals surface area contributed by atoms with Gasteiger partial charge in [0.15, 0.2) is 5.76 Å². The second-order valence-electron chi connectivity index (χ2n) is 4.08. The summed E-state index contributed by atoms with van der Waals surface area (Å²) in [7, 11) is 0. The predicted octanol–water partition coefficient (Wildman–Crippen LogP) is 3.62. The van der Waals surface area contributed by atoms with Crippen molar-refractivity contribution < 1.29 is 9.21 Å². The summed E-state index contributed by atoms with van der Waals surface area (Å²) >= 11 is 11.9. The van der Waals surface area contributed by atoms with E-state index >= 15 is 0 Å². The van der Waals surface area contributed by atoms with Crippen LogP contribution in [0.4, 0.5) is 5.95 Å². The van der Waals surface area contributed by atoms with E-state index < -0.39 is 5.91 Å². The van der Waals surface area contributed by atoms with Crippen LogP contribution in [-0.2, 0) is 0 Å². The Morgan fingerprint density at radius 2 is 2.10 bits per heavy atom. The Kier molecular flexibility index (Phi) is 3.64. The van der Waals surface area contributed by atoms with Crippen molar-refractivity contribution >= 4 is 35.1 Å². The normalized spacial score (nSPS) is 10.6. The predicted molar refractivity (Wildman–Crippen MR) is 78.5 cm³/mol. The fourth-order valence-electron chi connectivity index (χ4n) is 1.73. The van der Waals surface area contributed by atoms with Crippen LogP contribution in [0.3, 0.4) is 0 Å². The minimum atomic E-state index is -0.442. The van der Waals surface area contributed by atoms with Crippen molar-refractivity contribution in [2.45, 2.75) is 0 Å². The van der Waals surface area contributed by atoms with Crippen molar-refractivity contribution in [3.05, 3.63) is 52.5 Å². The summed E-state index contributed by atoms with van der Waals surface area (Å²) in [5, 5.41) is 9.63. The molecule has 0 saturated heterocycles. The molecular formula is C13H8Cl2N4O2. The molecule has 0 unspecified atom stereocenters. The Labute approximate surface area is 129 Å². The fraction of sp³-hybridized carbons (Fsp3) is 0. The monoisotopic (exact) mass is 322 g/mol. The lowest BCUT2D eigenvalue weighted by atomic mass is 10.2. The highest BCUT2D eigenvalue weighted by Crippen LogP contribution is 2.31. The van der Waals surface area contributed by atoms with Crippen molar-refractivity contribution in [2.24, 2.45) is 0 Å². The fourth-order valence-corrected chi connectivity index (χ4v) is 2.23. The Balaban J connectivity index is 1.84. The zero-order valence-electron chi connectivity index (χ0n) is 10.4. The van der Waals surface area contributed by atoms with Gasteiger partial charge in [0.1, 0.15) is 12.1 Å². The van der Waals surface area contributed by atoms with E-state index in [1.165, 1.54) is 6.33 Å². The molecular weight excluding hydrogens is 315 g/mol. The van der Waals surface area contributed by atoms with Crippen LogP contribution in [0.15, 0.2) is 41.1 Å². The van der Waals surface area contributed by atoms with Gasteiger partial charge in [-0.05, 0) is 30.3 Å². The number of rotatable bonds is 3. The van der Waals surface area contributed by atoms with Crippen molar-refractivity contribution in [1.29, 1.82) is 0 Å². The molecule has 0 atom stereocenters. The number of aromatic nitrogens is 3. The Morgan fingerprint density at radius 1 is 1.24 bits per heavy atom. The quantitative estimate of drug-likeness (QED) is 0.771. The number of anilines is 1. The third-order valence-corrected chi connectivity index (χ3v) is 3.22. The van der Waals surface area contributed by atoms with Crippen LogP contribution in [0.5, 0.6) is 0 Å². The van der Waals surface area contributed by atoms with Crippen LogP contribution in [0.25, 0.3) is 11.3 Å². The summed E-state index contributed by atoms with van der Waals surface area (Å²) in [6, 6.07) is 8.23. The van der Waals surface area contributed by atoms with Gasteiger partial charge in [-0.15, -0.1) is 0 Å². The van der Waals surface area contributed by atoms with Gasteiger partial charge in [-0.1, -0.05) is 23.2 Å². The van der Waals surface area contributed by atoms with Gasteiger partial charge in [-0.3, -0.25) is 10.1 Å². The molecule has 0 aliphatic heterocycles. The molecule has 0 fully saturated rings. The van der Waals surface area contributed by atoms with Crippen LogP contribution in [-0.4, -0.2) is 21.1 Å². The van der Waals surface area contributed by atoms with Crippen LogP contribution in [0, 0.1) is 0 Å². The molecule has 2 aromatic heterocycles. The molecule has 1 aromatic carbocycles. The maximum atomic E-state index is 11.9. The number of carbonyl (C=O) groups is 1. The topological polar surface area (TPSA) is 83.8 Å². The van der Waals surface area contributed by atoms with Gasteiger partial charge in [-0.2, -0.15) is 10.1 Å². The summed E-state index contributed by atoms with van der Waals surface area (Å²) in [5.41, 5.74) is 0.653. The molecule has 3 rings (SSSR count). The minimum Gasteiger partial charge on any atom is -0.451 e. The van der Waals surface area contributed by atoms with E-state index in [4.69, 9.17) is 27.6 Å². The van der Waals surface area contributed by atoms with Crippen molar-refractivity contribution in [2.75, 3.05) is 5.32 Å². The maximum Gasteiger partial charge on any atom is 0.293 e. The molecule has 3 aromatic rings. The summed E-state index contributed by atoms with van der Waals surface area (Å²) in [5.74, 6) is 0.400. The first-order chi connectivity index (χ1) is 10.1. The molecule has 2 N–H and O–H groups in total. The molecule has 0 aliphatic carbocycles. The summed E-state index contributed by atoms with van der Waals surface area (Å²) in [4.78, 5) is 15.7. The standard InChI is InChI=1S/C13H8Cl2N4O2/c14-7-1-2-8(9(15)5-7)10-3-4-11(21-10)12(20)18-13-16-6-17-19-13/h1-6H,(H2,16,17,18,19,20). The van der Waals surface area contributed by atoms with E-state index in [2.05, 4.69) is 20.5 Å². The Bertz CT molecular complexity index is 783. The van der Waals surface area contributed by atoms with Crippen molar-refractivity contribution in [3.8, 4) is 11.3 Å². The Morgan fingerprint density at radius 3 is 2.81 bits per heavy atom. The highest BCUT2D eigenvalue weighted by molar-refractivity contribution is 6.36. The lowest BCUT2D eigenvalue weighted by Crippen LogP contribution is -2.11. The number of halogens is 2. The number of carbonyl (C=O) groups excluding carboxylic acids is 1. The van der Waals surface area contributed by atoms with Gasteiger partial charge in [0, 0.05) is 10.6 Å². The SMILES string of the molecule is O=C(Nc1ncn[nH]1)c1ccc(-c2ccc(Cl)cc2Cl)o1. The van der Waals surface area contributed by atoms with Gasteiger partial charge in [0.05, 0.1) is 5.02 Å². The van der Waals surface area contributed by atoms with E-state index in [1.807, 2.05) is 0 Å². The van der Waals surface area contributed by atoms with Gasteiger partial charge in [0.2, 0.25) is 5.95 Å². The lowest BCUT2D eigenvalue weighted by Gasteiger charge is -2.01. The molecule has 21 heavy (non-hydrogen) atoms. The molecule has 106 valence electrons. The van der Waals surface area contributed by atoms with E-state index in [0.717, 1.165) is 0 Å². The highest BCUT2D eigenvalue weighted by Gasteiger charge is 2.15. The number of amides is 1. The minimum absolute atomic E-state index is 0.132. The second-order valence-corrected chi connectivity index (χ2v) is 4.92. The average molecular weight is 323 g/mol. The van der Waals surface area contributed by atoms with Crippen molar-refractivity contribution in [1.82, 2.24) is 15.2 Å². The molecule has 0 radical (unpaired) electrons. The number of benzene rings is 1. The molecule has 6 nitrogen and oxygen atoms in total. The third-order valence-electron chi connectivity index (χ3n) is 2.67. The van der Waals surface area contributed by atoms with E-state index in [9.17, 15) is 4.79 Å². The average Bonchev–Trinajstić information content (AvgIpc) is 3.09. The summed E-state index contributed by atoms with van der Waals surface area (Å²) in [6.07, 6.45) is 1.29. The Hall–Kier alpha value is -2.31. The van der Waals surface area contributed by atoms with Gasteiger partial charge in [0.25, 0.3) is 5.91 Å². The van der Waals surface area contributed by atoms with Crippen LogP contribution in [0.1, 0.15) is 10.6 Å². The summed E-state index contributed by atoms with van der Waals surface area (Å²) in [6.45, 7) is 0. The van der Waals surface area contributed by atoms with Gasteiger partial charge in [-0.25, -0.2) is 5.10 Å². The van der Waals surface area contributed by atoms with Crippen LogP contribution >= 0.6 is 23.2 Å². The van der Waals surface area contributed by atoms with Crippen LogP contribution < -0.4 is 5.32 Å². The third kappa shape index (κ3) is 2.91. The smallest absolute Gasteiger partial charge is 0.293 e. The maximum absolute atomic E-state index is 11.9. The lowest BCUT2D eigenvalue weighted by molar-refractivity contribution is 0.0996. The van der Waals surface area contributed by atoms with E-state index in [1.54, 1.807) is 30.3 Å². The molecule has 8 heteroatoms. The molecule has 0 aliphatic rings.